The van der Waals surface area contributed by atoms with Crippen LogP contribution in [0.25, 0.3) is 0 Å². The van der Waals surface area contributed by atoms with Gasteiger partial charge in [-0.3, -0.25) is 4.79 Å². The smallest absolute Gasteiger partial charge is 0.223 e. The van der Waals surface area contributed by atoms with Gasteiger partial charge in [-0.05, 0) is 43.5 Å². The lowest BCUT2D eigenvalue weighted by Crippen LogP contribution is -2.41. The normalized spacial score (nSPS) is 18.0. The van der Waals surface area contributed by atoms with E-state index in [1.54, 1.807) is 0 Å². The lowest BCUT2D eigenvalue weighted by molar-refractivity contribution is -0.126. The average molecular weight is 295 g/mol. The van der Waals surface area contributed by atoms with Crippen LogP contribution in [-0.2, 0) is 4.79 Å². The molecule has 20 heavy (non-hydrogen) atoms. The second-order valence-corrected chi connectivity index (χ2v) is 6.18. The van der Waals surface area contributed by atoms with Crippen LogP contribution in [0.1, 0.15) is 38.3 Å². The average Bonchev–Trinajstić information content (AvgIpc) is 2.46. The highest BCUT2D eigenvalue weighted by Gasteiger charge is 2.26. The van der Waals surface area contributed by atoms with E-state index in [4.69, 9.17) is 11.6 Å². The molecule has 1 fully saturated rings. The molecule has 0 radical (unpaired) electrons. The Morgan fingerprint density at radius 2 is 1.95 bits per heavy atom. The van der Waals surface area contributed by atoms with E-state index in [0.717, 1.165) is 36.5 Å². The number of rotatable bonds is 4. The van der Waals surface area contributed by atoms with Gasteiger partial charge in [0.25, 0.3) is 0 Å². The molecule has 2 rings (SSSR count). The van der Waals surface area contributed by atoms with Crippen LogP contribution in [0.5, 0.6) is 0 Å². The quantitative estimate of drug-likeness (QED) is 0.896. The SMILES string of the molecule is CC(C)C(NC(=O)C1CCNCC1)c1ccccc1Cl. The molecule has 0 spiro atoms. The molecular weight excluding hydrogens is 272 g/mol. The summed E-state index contributed by atoms with van der Waals surface area (Å²) in [5.41, 5.74) is 1.01. The molecule has 1 saturated heterocycles. The number of hydrogen-bond acceptors (Lipinski definition) is 2. The Balaban J connectivity index is 2.10. The van der Waals surface area contributed by atoms with Crippen molar-refractivity contribution < 1.29 is 4.79 Å². The summed E-state index contributed by atoms with van der Waals surface area (Å²) in [6.45, 7) is 6.07. The summed E-state index contributed by atoms with van der Waals surface area (Å²) >= 11 is 6.27. The van der Waals surface area contributed by atoms with Crippen molar-refractivity contribution in [2.24, 2.45) is 11.8 Å². The maximum Gasteiger partial charge on any atom is 0.223 e. The zero-order chi connectivity index (χ0) is 14.5. The van der Waals surface area contributed by atoms with Gasteiger partial charge in [0.05, 0.1) is 6.04 Å². The van der Waals surface area contributed by atoms with Crippen LogP contribution in [0.15, 0.2) is 24.3 Å². The molecule has 3 nitrogen and oxygen atoms in total. The van der Waals surface area contributed by atoms with Gasteiger partial charge in [-0.25, -0.2) is 0 Å². The fourth-order valence-corrected chi connectivity index (χ4v) is 2.94. The Kier molecular flexibility index (Phi) is 5.44. The molecule has 2 N–H and O–H groups in total. The number of piperidine rings is 1. The Morgan fingerprint density at radius 1 is 1.30 bits per heavy atom. The minimum atomic E-state index is -0.0221. The minimum absolute atomic E-state index is 0.0221. The standard InChI is InChI=1S/C16H23ClN2O/c1-11(2)15(13-5-3-4-6-14(13)17)19-16(20)12-7-9-18-10-8-12/h3-6,11-12,15,18H,7-10H2,1-2H3,(H,19,20). The molecule has 1 unspecified atom stereocenters. The van der Waals surface area contributed by atoms with Crippen molar-refractivity contribution in [3.05, 3.63) is 34.9 Å². The molecule has 1 aromatic carbocycles. The van der Waals surface area contributed by atoms with Gasteiger partial charge in [0.1, 0.15) is 0 Å². The highest BCUT2D eigenvalue weighted by Crippen LogP contribution is 2.28. The van der Waals surface area contributed by atoms with Crippen molar-refractivity contribution in [2.45, 2.75) is 32.7 Å². The molecule has 1 aromatic rings. The number of nitrogens with one attached hydrogen (secondary N) is 2. The predicted molar refractivity (Wildman–Crippen MR) is 82.8 cm³/mol. The van der Waals surface area contributed by atoms with Crippen molar-refractivity contribution in [3.63, 3.8) is 0 Å². The van der Waals surface area contributed by atoms with Crippen molar-refractivity contribution in [3.8, 4) is 0 Å². The van der Waals surface area contributed by atoms with Gasteiger partial charge in [-0.15, -0.1) is 0 Å². The fraction of sp³-hybridized carbons (Fsp3) is 0.562. The van der Waals surface area contributed by atoms with Gasteiger partial charge in [0.15, 0.2) is 0 Å². The summed E-state index contributed by atoms with van der Waals surface area (Å²) in [7, 11) is 0. The third-order valence-corrected chi connectivity index (χ3v) is 4.26. The van der Waals surface area contributed by atoms with Crippen LogP contribution < -0.4 is 10.6 Å². The molecule has 1 aliphatic heterocycles. The van der Waals surface area contributed by atoms with E-state index in [9.17, 15) is 4.79 Å². The van der Waals surface area contributed by atoms with Gasteiger partial charge >= 0.3 is 0 Å². The Morgan fingerprint density at radius 3 is 2.55 bits per heavy atom. The number of benzene rings is 1. The van der Waals surface area contributed by atoms with Gasteiger partial charge < -0.3 is 10.6 Å². The van der Waals surface area contributed by atoms with E-state index in [0.29, 0.717) is 5.92 Å². The molecule has 1 heterocycles. The molecule has 0 aliphatic carbocycles. The Labute approximate surface area is 126 Å². The maximum atomic E-state index is 12.4. The molecular formula is C16H23ClN2O. The first-order valence-corrected chi connectivity index (χ1v) is 7.73. The summed E-state index contributed by atoms with van der Waals surface area (Å²) in [5, 5.41) is 7.20. The van der Waals surface area contributed by atoms with Crippen molar-refractivity contribution >= 4 is 17.5 Å². The highest BCUT2D eigenvalue weighted by atomic mass is 35.5. The molecule has 1 atom stereocenters. The number of carbonyl (C=O) groups is 1. The third-order valence-electron chi connectivity index (χ3n) is 3.91. The lowest BCUT2D eigenvalue weighted by Gasteiger charge is -2.28. The van der Waals surface area contributed by atoms with E-state index in [1.807, 2.05) is 24.3 Å². The first-order chi connectivity index (χ1) is 9.59. The fourth-order valence-electron chi connectivity index (χ4n) is 2.69. The molecule has 0 aromatic heterocycles. The topological polar surface area (TPSA) is 41.1 Å². The van der Waals surface area contributed by atoms with Crippen LogP contribution >= 0.6 is 11.6 Å². The summed E-state index contributed by atoms with van der Waals surface area (Å²) in [4.78, 5) is 12.4. The van der Waals surface area contributed by atoms with Gasteiger partial charge in [-0.2, -0.15) is 0 Å². The molecule has 110 valence electrons. The maximum absolute atomic E-state index is 12.4. The summed E-state index contributed by atoms with van der Waals surface area (Å²) < 4.78 is 0. The van der Waals surface area contributed by atoms with Crippen LogP contribution in [-0.4, -0.2) is 19.0 Å². The Bertz CT molecular complexity index is 456. The number of carbonyl (C=O) groups excluding carboxylic acids is 1. The van der Waals surface area contributed by atoms with Gasteiger partial charge in [0.2, 0.25) is 5.91 Å². The third kappa shape index (κ3) is 3.74. The van der Waals surface area contributed by atoms with Crippen molar-refractivity contribution in [2.75, 3.05) is 13.1 Å². The van der Waals surface area contributed by atoms with Crippen molar-refractivity contribution in [1.82, 2.24) is 10.6 Å². The van der Waals surface area contributed by atoms with E-state index in [1.165, 1.54) is 0 Å². The first kappa shape index (κ1) is 15.3. The van der Waals surface area contributed by atoms with Gasteiger partial charge in [0, 0.05) is 10.9 Å². The predicted octanol–water partition coefficient (Wildman–Crippen LogP) is 3.15. The van der Waals surface area contributed by atoms with Gasteiger partial charge in [-0.1, -0.05) is 43.6 Å². The number of halogens is 1. The van der Waals surface area contributed by atoms with Crippen LogP contribution in [0.2, 0.25) is 5.02 Å². The summed E-state index contributed by atoms with van der Waals surface area (Å²) in [5.74, 6) is 0.589. The number of hydrogen-bond donors (Lipinski definition) is 2. The summed E-state index contributed by atoms with van der Waals surface area (Å²) in [6.07, 6.45) is 1.83. The molecule has 4 heteroatoms. The largest absolute Gasteiger partial charge is 0.349 e. The minimum Gasteiger partial charge on any atom is -0.349 e. The molecule has 1 aliphatic rings. The second-order valence-electron chi connectivity index (χ2n) is 5.78. The van der Waals surface area contributed by atoms with Crippen molar-refractivity contribution in [1.29, 1.82) is 0 Å². The van der Waals surface area contributed by atoms with Crippen LogP contribution in [0.4, 0.5) is 0 Å². The van der Waals surface area contributed by atoms with E-state index in [-0.39, 0.29) is 17.9 Å². The summed E-state index contributed by atoms with van der Waals surface area (Å²) in [6, 6.07) is 7.73. The molecule has 1 amide bonds. The molecule has 0 bridgehead atoms. The monoisotopic (exact) mass is 294 g/mol. The molecule has 0 saturated carbocycles. The highest BCUT2D eigenvalue weighted by molar-refractivity contribution is 6.31. The lowest BCUT2D eigenvalue weighted by atomic mass is 9.92. The van der Waals surface area contributed by atoms with Crippen LogP contribution in [0, 0.1) is 11.8 Å². The first-order valence-electron chi connectivity index (χ1n) is 7.35. The zero-order valence-corrected chi connectivity index (χ0v) is 12.9. The van der Waals surface area contributed by atoms with E-state index in [2.05, 4.69) is 24.5 Å². The second kappa shape index (κ2) is 7.09. The Hall–Kier alpha value is -1.06. The van der Waals surface area contributed by atoms with E-state index >= 15 is 0 Å². The van der Waals surface area contributed by atoms with Crippen LogP contribution in [0.3, 0.4) is 0 Å². The number of amides is 1. The van der Waals surface area contributed by atoms with E-state index < -0.39 is 0 Å². The zero-order valence-electron chi connectivity index (χ0n) is 12.2.